The number of carboxylic acid groups (broad SMARTS) is 1. The number of carboxylic acids is 1. The summed E-state index contributed by atoms with van der Waals surface area (Å²) < 4.78 is 0. The molecule has 1 aromatic rings. The molecule has 5 heteroatoms. The quantitative estimate of drug-likeness (QED) is 0.750. The van der Waals surface area contributed by atoms with Crippen LogP contribution in [0.2, 0.25) is 0 Å². The number of carbonyl (C=O) groups is 1. The molecule has 1 N–H and O–H groups in total. The van der Waals surface area contributed by atoms with E-state index in [0.717, 1.165) is 5.01 Å². The highest BCUT2D eigenvalue weighted by atomic mass is 32.1. The lowest BCUT2D eigenvalue weighted by Gasteiger charge is -2.10. The largest absolute Gasteiger partial charge is 0.480 e. The van der Waals surface area contributed by atoms with Crippen molar-refractivity contribution in [3.05, 3.63) is 16.6 Å². The predicted octanol–water partition coefficient (Wildman–Crippen LogP) is 0.659. The van der Waals surface area contributed by atoms with Crippen molar-refractivity contribution in [1.82, 2.24) is 9.88 Å². The minimum atomic E-state index is -0.811. The van der Waals surface area contributed by atoms with E-state index in [-0.39, 0.29) is 6.54 Å². The van der Waals surface area contributed by atoms with Crippen molar-refractivity contribution in [3.8, 4) is 0 Å². The van der Waals surface area contributed by atoms with Crippen LogP contribution in [0.15, 0.2) is 11.6 Å². The van der Waals surface area contributed by atoms with Crippen molar-refractivity contribution in [2.24, 2.45) is 0 Å². The molecular formula is C7H10N2O2S. The van der Waals surface area contributed by atoms with Crippen LogP contribution in [0.3, 0.4) is 0 Å². The smallest absolute Gasteiger partial charge is 0.317 e. The van der Waals surface area contributed by atoms with Crippen LogP contribution in [0.1, 0.15) is 5.01 Å². The van der Waals surface area contributed by atoms with Crippen molar-refractivity contribution in [2.75, 3.05) is 13.6 Å². The molecule has 0 saturated heterocycles. The fraction of sp³-hybridized carbons (Fsp3) is 0.429. The number of nitrogens with zero attached hydrogens (tertiary/aromatic N) is 2. The molecule has 0 radical (unpaired) electrons. The Hall–Kier alpha value is -0.940. The van der Waals surface area contributed by atoms with Gasteiger partial charge < -0.3 is 5.11 Å². The molecular weight excluding hydrogens is 176 g/mol. The molecule has 0 aliphatic heterocycles. The molecule has 0 bridgehead atoms. The molecule has 12 heavy (non-hydrogen) atoms. The Balaban J connectivity index is 2.36. The van der Waals surface area contributed by atoms with E-state index < -0.39 is 5.97 Å². The summed E-state index contributed by atoms with van der Waals surface area (Å²) in [6.07, 6.45) is 1.72. The van der Waals surface area contributed by atoms with Gasteiger partial charge in [0.1, 0.15) is 5.01 Å². The lowest BCUT2D eigenvalue weighted by Crippen LogP contribution is -2.24. The molecule has 0 spiro atoms. The van der Waals surface area contributed by atoms with Gasteiger partial charge in [0.15, 0.2) is 0 Å². The van der Waals surface area contributed by atoms with Crippen LogP contribution < -0.4 is 0 Å². The van der Waals surface area contributed by atoms with Crippen LogP contribution in [0.5, 0.6) is 0 Å². The van der Waals surface area contributed by atoms with Gasteiger partial charge in [-0.15, -0.1) is 11.3 Å². The molecule has 0 aliphatic carbocycles. The Labute approximate surface area is 74.5 Å². The zero-order valence-electron chi connectivity index (χ0n) is 6.73. The Morgan fingerprint density at radius 3 is 3.08 bits per heavy atom. The maximum Gasteiger partial charge on any atom is 0.317 e. The second kappa shape index (κ2) is 4.18. The van der Waals surface area contributed by atoms with Gasteiger partial charge in [-0.25, -0.2) is 4.98 Å². The van der Waals surface area contributed by atoms with Crippen LogP contribution >= 0.6 is 11.3 Å². The Kier molecular flexibility index (Phi) is 3.19. The van der Waals surface area contributed by atoms with Gasteiger partial charge in [0, 0.05) is 11.6 Å². The summed E-state index contributed by atoms with van der Waals surface area (Å²) in [7, 11) is 1.76. The first kappa shape index (κ1) is 9.15. The first-order valence-corrected chi connectivity index (χ1v) is 4.35. The number of hydrogen-bond acceptors (Lipinski definition) is 4. The molecule has 4 nitrogen and oxygen atoms in total. The third-order valence-corrected chi connectivity index (χ3v) is 2.06. The fourth-order valence-electron chi connectivity index (χ4n) is 0.849. The van der Waals surface area contributed by atoms with Gasteiger partial charge >= 0.3 is 5.97 Å². The number of hydrogen-bond donors (Lipinski definition) is 1. The summed E-state index contributed by atoms with van der Waals surface area (Å²) in [5.41, 5.74) is 0. The van der Waals surface area contributed by atoms with E-state index in [4.69, 9.17) is 5.11 Å². The lowest BCUT2D eigenvalue weighted by atomic mass is 10.5. The van der Waals surface area contributed by atoms with E-state index >= 15 is 0 Å². The molecule has 66 valence electrons. The maximum atomic E-state index is 10.3. The molecule has 0 amide bonds. The van der Waals surface area contributed by atoms with E-state index in [2.05, 4.69) is 4.98 Å². The highest BCUT2D eigenvalue weighted by molar-refractivity contribution is 7.09. The minimum absolute atomic E-state index is 0.0551. The van der Waals surface area contributed by atoms with Gasteiger partial charge in [0.05, 0.1) is 13.1 Å². The molecule has 0 atom stereocenters. The Bertz CT molecular complexity index is 248. The maximum absolute atomic E-state index is 10.3. The second-order valence-corrected chi connectivity index (χ2v) is 3.47. The van der Waals surface area contributed by atoms with E-state index in [1.165, 1.54) is 11.3 Å². The van der Waals surface area contributed by atoms with E-state index in [1.807, 2.05) is 5.38 Å². The summed E-state index contributed by atoms with van der Waals surface area (Å²) in [4.78, 5) is 16.0. The van der Waals surface area contributed by atoms with Gasteiger partial charge in [-0.2, -0.15) is 0 Å². The highest BCUT2D eigenvalue weighted by Gasteiger charge is 2.05. The van der Waals surface area contributed by atoms with Gasteiger partial charge in [0.2, 0.25) is 0 Å². The first-order chi connectivity index (χ1) is 5.68. The average Bonchev–Trinajstić information content (AvgIpc) is 2.37. The molecule has 1 aromatic heterocycles. The van der Waals surface area contributed by atoms with Crippen LogP contribution in [0.25, 0.3) is 0 Å². The predicted molar refractivity (Wildman–Crippen MR) is 46.1 cm³/mol. The summed E-state index contributed by atoms with van der Waals surface area (Å²) in [5.74, 6) is -0.811. The first-order valence-electron chi connectivity index (χ1n) is 3.47. The third-order valence-electron chi connectivity index (χ3n) is 1.29. The van der Waals surface area contributed by atoms with Gasteiger partial charge in [-0.3, -0.25) is 9.69 Å². The molecule has 0 unspecified atom stereocenters. The van der Waals surface area contributed by atoms with Crippen LogP contribution in [0, 0.1) is 0 Å². The topological polar surface area (TPSA) is 53.4 Å². The lowest BCUT2D eigenvalue weighted by molar-refractivity contribution is -0.138. The van der Waals surface area contributed by atoms with Crippen LogP contribution in [-0.4, -0.2) is 34.6 Å². The van der Waals surface area contributed by atoms with Crippen molar-refractivity contribution in [2.45, 2.75) is 6.54 Å². The standard InChI is InChI=1S/C7H10N2O2S/c1-9(5-7(10)11)4-6-8-2-3-12-6/h2-3H,4-5H2,1H3,(H,10,11). The highest BCUT2D eigenvalue weighted by Crippen LogP contribution is 2.05. The third kappa shape index (κ3) is 2.98. The van der Waals surface area contributed by atoms with Crippen molar-refractivity contribution >= 4 is 17.3 Å². The second-order valence-electron chi connectivity index (χ2n) is 2.49. The van der Waals surface area contributed by atoms with E-state index in [0.29, 0.717) is 6.54 Å². The van der Waals surface area contributed by atoms with Crippen LogP contribution in [0.4, 0.5) is 0 Å². The number of aromatic nitrogens is 1. The van der Waals surface area contributed by atoms with Gasteiger partial charge in [-0.1, -0.05) is 0 Å². The summed E-state index contributed by atoms with van der Waals surface area (Å²) in [6.45, 7) is 0.656. The number of likely N-dealkylation sites (N-methyl/N-ethyl adjacent to an activating group) is 1. The summed E-state index contributed by atoms with van der Waals surface area (Å²) in [5, 5.41) is 11.3. The molecule has 0 saturated carbocycles. The molecule has 1 rings (SSSR count). The van der Waals surface area contributed by atoms with E-state index in [9.17, 15) is 4.79 Å². The van der Waals surface area contributed by atoms with E-state index in [1.54, 1.807) is 18.1 Å². The summed E-state index contributed by atoms with van der Waals surface area (Å²) in [6, 6.07) is 0. The Morgan fingerprint density at radius 1 is 1.83 bits per heavy atom. The van der Waals surface area contributed by atoms with Crippen molar-refractivity contribution in [3.63, 3.8) is 0 Å². The zero-order chi connectivity index (χ0) is 8.97. The minimum Gasteiger partial charge on any atom is -0.480 e. The fourth-order valence-corrected chi connectivity index (χ4v) is 1.54. The molecule has 0 aliphatic rings. The monoisotopic (exact) mass is 186 g/mol. The number of aliphatic carboxylic acids is 1. The summed E-state index contributed by atoms with van der Waals surface area (Å²) >= 11 is 1.53. The molecule has 0 aromatic carbocycles. The van der Waals surface area contributed by atoms with Crippen LogP contribution in [-0.2, 0) is 11.3 Å². The van der Waals surface area contributed by atoms with Crippen molar-refractivity contribution in [1.29, 1.82) is 0 Å². The normalized spacial score (nSPS) is 10.5. The SMILES string of the molecule is CN(CC(=O)O)Cc1nccs1. The molecule has 1 heterocycles. The Morgan fingerprint density at radius 2 is 2.58 bits per heavy atom. The van der Waals surface area contributed by atoms with Crippen molar-refractivity contribution < 1.29 is 9.90 Å². The van der Waals surface area contributed by atoms with Gasteiger partial charge in [0.25, 0.3) is 0 Å². The number of rotatable bonds is 4. The van der Waals surface area contributed by atoms with Gasteiger partial charge in [-0.05, 0) is 7.05 Å². The average molecular weight is 186 g/mol. The molecule has 0 fully saturated rings. The number of thiazole rings is 1. The zero-order valence-corrected chi connectivity index (χ0v) is 7.54.